The predicted molar refractivity (Wildman–Crippen MR) is 70.9 cm³/mol. The fraction of sp³-hybridized carbons (Fsp3) is 0.286. The van der Waals surface area contributed by atoms with Crippen molar-refractivity contribution in [2.24, 2.45) is 0 Å². The van der Waals surface area contributed by atoms with Crippen LogP contribution in [0.1, 0.15) is 17.9 Å². The van der Waals surface area contributed by atoms with E-state index >= 15 is 0 Å². The minimum atomic E-state index is -0.0943. The number of nitrogens with zero attached hydrogens (tertiary/aromatic N) is 2. The highest BCUT2D eigenvalue weighted by atomic mass is 16.1. The summed E-state index contributed by atoms with van der Waals surface area (Å²) in [6, 6.07) is 12.1. The Kier molecular flexibility index (Phi) is 2.84. The lowest BCUT2D eigenvalue weighted by Crippen LogP contribution is -2.22. The van der Waals surface area contributed by atoms with Gasteiger partial charge in [0, 0.05) is 25.1 Å². The molecule has 0 aliphatic carbocycles. The summed E-state index contributed by atoms with van der Waals surface area (Å²) in [6.45, 7) is 1.89. The van der Waals surface area contributed by atoms with Crippen LogP contribution in [0.3, 0.4) is 0 Å². The molecule has 92 valence electrons. The highest BCUT2D eigenvalue weighted by molar-refractivity contribution is 5.40. The van der Waals surface area contributed by atoms with E-state index in [1.165, 1.54) is 11.9 Å². The summed E-state index contributed by atoms with van der Waals surface area (Å²) in [7, 11) is 0. The van der Waals surface area contributed by atoms with Crippen molar-refractivity contribution < 1.29 is 0 Å². The zero-order chi connectivity index (χ0) is 12.4. The van der Waals surface area contributed by atoms with Gasteiger partial charge in [0.2, 0.25) is 0 Å². The number of H-pyrrole nitrogens is 1. The molecule has 0 spiro atoms. The van der Waals surface area contributed by atoms with Crippen molar-refractivity contribution in [3.63, 3.8) is 0 Å². The molecule has 1 aliphatic heterocycles. The van der Waals surface area contributed by atoms with Gasteiger partial charge in [-0.25, -0.2) is 4.98 Å². The smallest absolute Gasteiger partial charge is 0.252 e. The van der Waals surface area contributed by atoms with Crippen LogP contribution in [0.5, 0.6) is 0 Å². The normalized spacial score (nSPS) is 19.1. The summed E-state index contributed by atoms with van der Waals surface area (Å²) in [6.07, 6.45) is 2.58. The molecule has 0 radical (unpaired) electrons. The van der Waals surface area contributed by atoms with Crippen molar-refractivity contribution in [2.45, 2.75) is 12.3 Å². The maximum absolute atomic E-state index is 11.3. The van der Waals surface area contributed by atoms with Gasteiger partial charge in [0.15, 0.2) is 0 Å². The summed E-state index contributed by atoms with van der Waals surface area (Å²) < 4.78 is 0. The Morgan fingerprint density at radius 3 is 2.89 bits per heavy atom. The molecule has 2 heterocycles. The van der Waals surface area contributed by atoms with Gasteiger partial charge >= 0.3 is 0 Å². The molecule has 0 saturated carbocycles. The first-order valence-corrected chi connectivity index (χ1v) is 6.17. The third kappa shape index (κ3) is 2.14. The molecule has 1 aromatic carbocycles. The Hall–Kier alpha value is -2.10. The summed E-state index contributed by atoms with van der Waals surface area (Å²) in [5.74, 6) is 1.31. The van der Waals surface area contributed by atoms with Crippen LogP contribution in [0.2, 0.25) is 0 Å². The Morgan fingerprint density at radius 2 is 2.11 bits per heavy atom. The Morgan fingerprint density at radius 1 is 1.28 bits per heavy atom. The van der Waals surface area contributed by atoms with Crippen molar-refractivity contribution in [3.05, 3.63) is 58.6 Å². The van der Waals surface area contributed by atoms with Gasteiger partial charge in [-0.15, -0.1) is 0 Å². The van der Waals surface area contributed by atoms with E-state index in [9.17, 15) is 4.79 Å². The lowest BCUT2D eigenvalue weighted by Gasteiger charge is -2.16. The third-order valence-corrected chi connectivity index (χ3v) is 3.45. The first-order chi connectivity index (χ1) is 8.83. The topological polar surface area (TPSA) is 49.0 Å². The molecule has 1 atom stereocenters. The largest absolute Gasteiger partial charge is 0.356 e. The highest BCUT2D eigenvalue weighted by Crippen LogP contribution is 2.28. The van der Waals surface area contributed by atoms with Crippen LogP contribution in [0.15, 0.2) is 47.5 Å². The van der Waals surface area contributed by atoms with E-state index in [2.05, 4.69) is 39.1 Å². The maximum atomic E-state index is 11.3. The highest BCUT2D eigenvalue weighted by Gasteiger charge is 2.24. The SMILES string of the molecule is O=c1cc(N2CCC(c3ccccc3)C2)nc[nH]1. The third-order valence-electron chi connectivity index (χ3n) is 3.45. The molecule has 1 fully saturated rings. The Bertz CT molecular complexity index is 579. The minimum Gasteiger partial charge on any atom is -0.356 e. The molecular weight excluding hydrogens is 226 g/mol. The molecule has 1 unspecified atom stereocenters. The van der Waals surface area contributed by atoms with Crippen molar-refractivity contribution in [2.75, 3.05) is 18.0 Å². The zero-order valence-electron chi connectivity index (χ0n) is 10.0. The van der Waals surface area contributed by atoms with Gasteiger partial charge in [-0.3, -0.25) is 4.79 Å². The second-order valence-electron chi connectivity index (χ2n) is 4.61. The second kappa shape index (κ2) is 4.64. The second-order valence-corrected chi connectivity index (χ2v) is 4.61. The lowest BCUT2D eigenvalue weighted by atomic mass is 9.99. The Labute approximate surface area is 105 Å². The summed E-state index contributed by atoms with van der Waals surface area (Å²) in [5.41, 5.74) is 1.27. The van der Waals surface area contributed by atoms with Crippen molar-refractivity contribution >= 4 is 5.82 Å². The van der Waals surface area contributed by atoms with E-state index in [0.717, 1.165) is 25.3 Å². The molecule has 4 nitrogen and oxygen atoms in total. The first kappa shape index (κ1) is 11.0. The van der Waals surface area contributed by atoms with Crippen LogP contribution < -0.4 is 10.5 Å². The van der Waals surface area contributed by atoms with E-state index in [1.807, 2.05) is 6.07 Å². The zero-order valence-corrected chi connectivity index (χ0v) is 10.0. The fourth-order valence-corrected chi connectivity index (χ4v) is 2.50. The van der Waals surface area contributed by atoms with Gasteiger partial charge in [0.05, 0.1) is 6.33 Å². The molecule has 1 saturated heterocycles. The van der Waals surface area contributed by atoms with Crippen LogP contribution in [-0.4, -0.2) is 23.1 Å². The molecule has 0 amide bonds. The van der Waals surface area contributed by atoms with Crippen molar-refractivity contribution in [1.82, 2.24) is 9.97 Å². The number of benzene rings is 1. The number of hydrogen-bond acceptors (Lipinski definition) is 3. The van der Waals surface area contributed by atoms with E-state index in [0.29, 0.717) is 5.92 Å². The standard InChI is InChI=1S/C14H15N3O/c18-14-8-13(15-10-16-14)17-7-6-12(9-17)11-4-2-1-3-5-11/h1-5,8,10,12H,6-7,9H2,(H,15,16,18). The van der Waals surface area contributed by atoms with Crippen LogP contribution in [0.25, 0.3) is 0 Å². The van der Waals surface area contributed by atoms with Crippen molar-refractivity contribution in [1.29, 1.82) is 0 Å². The molecule has 2 aromatic rings. The van der Waals surface area contributed by atoms with E-state index in [-0.39, 0.29) is 5.56 Å². The number of aromatic nitrogens is 2. The number of nitrogens with one attached hydrogen (secondary N) is 1. The van der Waals surface area contributed by atoms with E-state index in [4.69, 9.17) is 0 Å². The summed E-state index contributed by atoms with van der Waals surface area (Å²) in [4.78, 5) is 20.2. The monoisotopic (exact) mass is 241 g/mol. The first-order valence-electron chi connectivity index (χ1n) is 6.17. The van der Waals surface area contributed by atoms with Gasteiger partial charge in [-0.1, -0.05) is 30.3 Å². The predicted octanol–water partition coefficient (Wildman–Crippen LogP) is 1.76. The lowest BCUT2D eigenvalue weighted by molar-refractivity contribution is 0.774. The molecule has 3 rings (SSSR count). The maximum Gasteiger partial charge on any atom is 0.252 e. The van der Waals surface area contributed by atoms with Crippen LogP contribution in [-0.2, 0) is 0 Å². The summed E-state index contributed by atoms with van der Waals surface area (Å²) >= 11 is 0. The molecule has 1 aliphatic rings. The molecular formula is C14H15N3O. The minimum absolute atomic E-state index is 0.0943. The molecule has 18 heavy (non-hydrogen) atoms. The molecule has 1 N–H and O–H groups in total. The van der Waals surface area contributed by atoms with E-state index < -0.39 is 0 Å². The van der Waals surface area contributed by atoms with Crippen LogP contribution >= 0.6 is 0 Å². The van der Waals surface area contributed by atoms with Crippen LogP contribution in [0.4, 0.5) is 5.82 Å². The number of hydrogen-bond donors (Lipinski definition) is 1. The number of anilines is 1. The number of aromatic amines is 1. The van der Waals surface area contributed by atoms with Gasteiger partial charge < -0.3 is 9.88 Å². The van der Waals surface area contributed by atoms with Gasteiger partial charge in [-0.2, -0.15) is 0 Å². The van der Waals surface area contributed by atoms with Crippen molar-refractivity contribution in [3.8, 4) is 0 Å². The van der Waals surface area contributed by atoms with Gasteiger partial charge in [-0.05, 0) is 12.0 Å². The quantitative estimate of drug-likeness (QED) is 0.871. The van der Waals surface area contributed by atoms with Gasteiger partial charge in [0.1, 0.15) is 5.82 Å². The Balaban J connectivity index is 1.78. The average molecular weight is 241 g/mol. The molecule has 1 aromatic heterocycles. The van der Waals surface area contributed by atoms with Gasteiger partial charge in [0.25, 0.3) is 5.56 Å². The van der Waals surface area contributed by atoms with E-state index in [1.54, 1.807) is 6.07 Å². The number of rotatable bonds is 2. The fourth-order valence-electron chi connectivity index (χ4n) is 2.50. The van der Waals surface area contributed by atoms with Crippen LogP contribution in [0, 0.1) is 0 Å². The molecule has 0 bridgehead atoms. The molecule has 4 heteroatoms. The summed E-state index contributed by atoms with van der Waals surface area (Å²) in [5, 5.41) is 0. The average Bonchev–Trinajstić information content (AvgIpc) is 2.89.